The first-order valence-corrected chi connectivity index (χ1v) is 11.0. The molecule has 0 unspecified atom stereocenters. The predicted octanol–water partition coefficient (Wildman–Crippen LogP) is 4.48. The number of carbonyl (C=O) groups is 1. The molecule has 4 aromatic rings. The summed E-state index contributed by atoms with van der Waals surface area (Å²) >= 11 is 1.28. The highest BCUT2D eigenvalue weighted by molar-refractivity contribution is 8.00. The van der Waals surface area contributed by atoms with Crippen LogP contribution in [0.1, 0.15) is 13.8 Å². The summed E-state index contributed by atoms with van der Waals surface area (Å²) in [4.78, 5) is 15.6. The maximum atomic E-state index is 12.3. The SMILES string of the molecule is CCOC(=O)[C@H](C)Sc1nnc(-c2c[nH]c3ccccc23)n1-c1cc(OC)ccc1OC. The number of hydrogen-bond donors (Lipinski definition) is 1. The fourth-order valence-electron chi connectivity index (χ4n) is 3.43. The van der Waals surface area contributed by atoms with E-state index in [2.05, 4.69) is 15.2 Å². The monoisotopic (exact) mass is 452 g/mol. The van der Waals surface area contributed by atoms with Crippen LogP contribution in [0.2, 0.25) is 0 Å². The number of esters is 1. The predicted molar refractivity (Wildman–Crippen MR) is 124 cm³/mol. The molecule has 2 aromatic carbocycles. The van der Waals surface area contributed by atoms with E-state index in [1.54, 1.807) is 28.1 Å². The molecule has 0 saturated heterocycles. The number of H-pyrrole nitrogens is 1. The van der Waals surface area contributed by atoms with E-state index in [-0.39, 0.29) is 5.97 Å². The third-order valence-corrected chi connectivity index (χ3v) is 6.01. The van der Waals surface area contributed by atoms with Gasteiger partial charge in [-0.1, -0.05) is 30.0 Å². The van der Waals surface area contributed by atoms with Gasteiger partial charge in [0.1, 0.15) is 16.7 Å². The highest BCUT2D eigenvalue weighted by atomic mass is 32.2. The van der Waals surface area contributed by atoms with Crippen molar-refractivity contribution in [3.63, 3.8) is 0 Å². The Morgan fingerprint density at radius 3 is 2.72 bits per heavy atom. The van der Waals surface area contributed by atoms with Crippen LogP contribution in [0.5, 0.6) is 11.5 Å². The Bertz CT molecular complexity index is 1250. The number of carbonyl (C=O) groups excluding carboxylic acids is 1. The molecule has 166 valence electrons. The van der Waals surface area contributed by atoms with Gasteiger partial charge in [-0.05, 0) is 32.0 Å². The lowest BCUT2D eigenvalue weighted by molar-refractivity contribution is -0.142. The van der Waals surface area contributed by atoms with Gasteiger partial charge in [0.25, 0.3) is 0 Å². The van der Waals surface area contributed by atoms with Crippen molar-refractivity contribution in [2.45, 2.75) is 24.3 Å². The molecule has 1 N–H and O–H groups in total. The molecule has 2 heterocycles. The lowest BCUT2D eigenvalue weighted by atomic mass is 10.1. The van der Waals surface area contributed by atoms with Crippen molar-refractivity contribution in [1.82, 2.24) is 19.7 Å². The quantitative estimate of drug-likeness (QED) is 0.311. The minimum atomic E-state index is -0.467. The molecular formula is C23H24N4O4S. The minimum absolute atomic E-state index is 0.307. The Hall–Kier alpha value is -3.46. The van der Waals surface area contributed by atoms with Gasteiger partial charge in [0, 0.05) is 28.7 Å². The van der Waals surface area contributed by atoms with E-state index in [0.717, 1.165) is 16.5 Å². The number of nitrogens with zero attached hydrogens (tertiary/aromatic N) is 3. The van der Waals surface area contributed by atoms with E-state index in [4.69, 9.17) is 14.2 Å². The number of fused-ring (bicyclic) bond motifs is 1. The number of benzene rings is 2. The van der Waals surface area contributed by atoms with Gasteiger partial charge in [0.2, 0.25) is 0 Å². The van der Waals surface area contributed by atoms with E-state index in [9.17, 15) is 4.79 Å². The van der Waals surface area contributed by atoms with Gasteiger partial charge < -0.3 is 19.2 Å². The van der Waals surface area contributed by atoms with E-state index in [1.807, 2.05) is 53.2 Å². The van der Waals surface area contributed by atoms with Crippen LogP contribution in [0, 0.1) is 0 Å². The largest absolute Gasteiger partial charge is 0.497 e. The summed E-state index contributed by atoms with van der Waals surface area (Å²) in [5, 5.41) is 10.0. The molecule has 8 nitrogen and oxygen atoms in total. The highest BCUT2D eigenvalue weighted by Gasteiger charge is 2.25. The summed E-state index contributed by atoms with van der Waals surface area (Å²) in [6, 6.07) is 13.5. The van der Waals surface area contributed by atoms with Gasteiger partial charge in [-0.3, -0.25) is 9.36 Å². The molecule has 0 aliphatic rings. The molecule has 0 fully saturated rings. The Labute approximate surface area is 189 Å². The number of aromatic nitrogens is 4. The third kappa shape index (κ3) is 4.03. The van der Waals surface area contributed by atoms with Gasteiger partial charge in [-0.2, -0.15) is 0 Å². The van der Waals surface area contributed by atoms with Gasteiger partial charge in [-0.25, -0.2) is 0 Å². The molecule has 4 rings (SSSR count). The molecule has 0 radical (unpaired) electrons. The molecular weight excluding hydrogens is 428 g/mol. The Kier molecular flexibility index (Phi) is 6.36. The molecule has 0 bridgehead atoms. The molecule has 32 heavy (non-hydrogen) atoms. The molecule has 2 aromatic heterocycles. The van der Waals surface area contributed by atoms with E-state index in [1.165, 1.54) is 11.8 Å². The Balaban J connectivity index is 1.91. The number of methoxy groups -OCH3 is 2. The molecule has 0 spiro atoms. The standard InChI is InChI=1S/C23H24N4O4S/c1-5-31-22(28)14(2)32-23-26-25-21(17-13-24-18-9-7-6-8-16(17)18)27(23)19-12-15(29-3)10-11-20(19)30-4/h6-14,24H,5H2,1-4H3/t14-/m0/s1. The van der Waals surface area contributed by atoms with Crippen molar-refractivity contribution < 1.29 is 19.0 Å². The first-order chi connectivity index (χ1) is 15.6. The van der Waals surface area contributed by atoms with Crippen LogP contribution in [0.3, 0.4) is 0 Å². The van der Waals surface area contributed by atoms with Crippen molar-refractivity contribution in [3.05, 3.63) is 48.7 Å². The number of ether oxygens (including phenoxy) is 3. The molecule has 0 aliphatic carbocycles. The minimum Gasteiger partial charge on any atom is -0.497 e. The normalized spacial score (nSPS) is 12.0. The van der Waals surface area contributed by atoms with Crippen molar-refractivity contribution >= 4 is 28.6 Å². The molecule has 0 saturated carbocycles. The van der Waals surface area contributed by atoms with Crippen LogP contribution in [-0.2, 0) is 9.53 Å². The van der Waals surface area contributed by atoms with E-state index in [0.29, 0.717) is 34.8 Å². The zero-order valence-corrected chi connectivity index (χ0v) is 19.1. The summed E-state index contributed by atoms with van der Waals surface area (Å²) in [6.45, 7) is 3.89. The highest BCUT2D eigenvalue weighted by Crippen LogP contribution is 2.37. The van der Waals surface area contributed by atoms with Crippen molar-refractivity contribution in [3.8, 4) is 28.6 Å². The molecule has 1 atom stereocenters. The fraction of sp³-hybridized carbons (Fsp3) is 0.261. The second-order valence-electron chi connectivity index (χ2n) is 6.94. The lowest BCUT2D eigenvalue weighted by Gasteiger charge is -2.16. The summed E-state index contributed by atoms with van der Waals surface area (Å²) < 4.78 is 18.1. The van der Waals surface area contributed by atoms with Crippen LogP contribution in [0.4, 0.5) is 0 Å². The number of rotatable bonds is 8. The summed E-state index contributed by atoms with van der Waals surface area (Å²) in [7, 11) is 3.21. The average molecular weight is 453 g/mol. The maximum absolute atomic E-state index is 12.3. The van der Waals surface area contributed by atoms with Gasteiger partial charge in [-0.15, -0.1) is 10.2 Å². The molecule has 0 amide bonds. The Morgan fingerprint density at radius 2 is 1.97 bits per heavy atom. The van der Waals surface area contributed by atoms with Crippen LogP contribution in [-0.4, -0.2) is 51.8 Å². The van der Waals surface area contributed by atoms with Crippen LogP contribution in [0.25, 0.3) is 28.0 Å². The average Bonchev–Trinajstić information content (AvgIpc) is 3.42. The first kappa shape index (κ1) is 21.8. The molecule has 9 heteroatoms. The van der Waals surface area contributed by atoms with Gasteiger partial charge >= 0.3 is 5.97 Å². The number of aromatic amines is 1. The van der Waals surface area contributed by atoms with E-state index < -0.39 is 5.25 Å². The summed E-state index contributed by atoms with van der Waals surface area (Å²) in [5.74, 6) is 1.59. The number of nitrogens with one attached hydrogen (secondary N) is 1. The zero-order valence-electron chi connectivity index (χ0n) is 18.3. The lowest BCUT2D eigenvalue weighted by Crippen LogP contribution is -2.17. The number of thioether (sulfide) groups is 1. The number of para-hydroxylation sites is 1. The number of hydrogen-bond acceptors (Lipinski definition) is 7. The van der Waals surface area contributed by atoms with Crippen LogP contribution in [0.15, 0.2) is 53.8 Å². The second kappa shape index (κ2) is 9.35. The van der Waals surface area contributed by atoms with Crippen molar-refractivity contribution in [2.24, 2.45) is 0 Å². The van der Waals surface area contributed by atoms with Crippen molar-refractivity contribution in [2.75, 3.05) is 20.8 Å². The second-order valence-corrected chi connectivity index (χ2v) is 8.25. The van der Waals surface area contributed by atoms with Crippen LogP contribution < -0.4 is 9.47 Å². The maximum Gasteiger partial charge on any atom is 0.319 e. The van der Waals surface area contributed by atoms with Gasteiger partial charge in [0.05, 0.1) is 26.5 Å². The van der Waals surface area contributed by atoms with Crippen LogP contribution >= 0.6 is 11.8 Å². The fourth-order valence-corrected chi connectivity index (χ4v) is 4.29. The van der Waals surface area contributed by atoms with Gasteiger partial charge in [0.15, 0.2) is 11.0 Å². The smallest absolute Gasteiger partial charge is 0.319 e. The summed E-state index contributed by atoms with van der Waals surface area (Å²) in [6.07, 6.45) is 1.90. The van der Waals surface area contributed by atoms with Crippen molar-refractivity contribution in [1.29, 1.82) is 0 Å². The third-order valence-electron chi connectivity index (χ3n) is 4.99. The first-order valence-electron chi connectivity index (χ1n) is 10.1. The summed E-state index contributed by atoms with van der Waals surface area (Å²) in [5.41, 5.74) is 2.58. The molecule has 0 aliphatic heterocycles. The van der Waals surface area contributed by atoms with E-state index >= 15 is 0 Å². The zero-order chi connectivity index (χ0) is 22.7. The topological polar surface area (TPSA) is 91.3 Å². The Morgan fingerprint density at radius 1 is 1.16 bits per heavy atom.